The van der Waals surface area contributed by atoms with Crippen LogP contribution in [0.2, 0.25) is 0 Å². The van der Waals surface area contributed by atoms with Crippen LogP contribution in [0.15, 0.2) is 18.2 Å². The molecule has 9 nitrogen and oxygen atoms in total. The summed E-state index contributed by atoms with van der Waals surface area (Å²) < 4.78 is 10.5. The monoisotopic (exact) mass is 359 g/mol. The van der Waals surface area contributed by atoms with E-state index in [1.54, 1.807) is 18.2 Å². The number of carbonyl (C=O) groups excluding carboxylic acids is 2. The van der Waals surface area contributed by atoms with E-state index >= 15 is 0 Å². The van der Waals surface area contributed by atoms with Crippen molar-refractivity contribution in [3.63, 3.8) is 0 Å². The molecule has 0 atom stereocenters. The molecule has 1 aliphatic heterocycles. The Morgan fingerprint density at radius 3 is 2.96 bits per heavy atom. The molecule has 1 aromatic heterocycles. The van der Waals surface area contributed by atoms with Crippen LogP contribution < -0.4 is 25.8 Å². The summed E-state index contributed by atoms with van der Waals surface area (Å²) in [6.45, 7) is 1.58. The summed E-state index contributed by atoms with van der Waals surface area (Å²) in [4.78, 5) is 23.2. The lowest BCUT2D eigenvalue weighted by molar-refractivity contribution is -0.119. The zero-order chi connectivity index (χ0) is 18.5. The number of rotatable bonds is 7. The molecule has 0 unspecified atom stereocenters. The Bertz CT molecular complexity index is 817. The highest BCUT2D eigenvalue weighted by atomic mass is 16.5. The molecule has 1 aromatic carbocycles. The lowest BCUT2D eigenvalue weighted by atomic mass is 10.1. The van der Waals surface area contributed by atoms with E-state index in [9.17, 15) is 9.59 Å². The summed E-state index contributed by atoms with van der Waals surface area (Å²) in [5.41, 5.74) is 8.24. The number of nitrogens with zero attached hydrogens (tertiary/aromatic N) is 1. The molecule has 0 spiro atoms. The van der Waals surface area contributed by atoms with E-state index < -0.39 is 5.91 Å². The second-order valence-corrected chi connectivity index (χ2v) is 5.88. The molecule has 0 radical (unpaired) electrons. The van der Waals surface area contributed by atoms with Crippen molar-refractivity contribution in [3.05, 3.63) is 40.7 Å². The predicted octanol–water partition coefficient (Wildman–Crippen LogP) is -0.142. The van der Waals surface area contributed by atoms with Crippen molar-refractivity contribution >= 4 is 11.8 Å². The smallest absolute Gasteiger partial charge is 0.272 e. The maximum atomic E-state index is 12.4. The number of ether oxygens (including phenoxy) is 2. The van der Waals surface area contributed by atoms with E-state index in [2.05, 4.69) is 20.8 Å². The molecule has 2 amide bonds. The first-order valence-corrected chi connectivity index (χ1v) is 8.21. The number of primary amides is 1. The fourth-order valence-electron chi connectivity index (χ4n) is 2.77. The highest BCUT2D eigenvalue weighted by Crippen LogP contribution is 2.28. The van der Waals surface area contributed by atoms with Crippen LogP contribution in [0.5, 0.6) is 11.5 Å². The molecule has 2 aromatic rings. The minimum absolute atomic E-state index is 0.231. The lowest BCUT2D eigenvalue weighted by Gasteiger charge is -2.13. The van der Waals surface area contributed by atoms with Crippen molar-refractivity contribution in [1.29, 1.82) is 0 Å². The van der Waals surface area contributed by atoms with Crippen molar-refractivity contribution in [1.82, 2.24) is 20.8 Å². The van der Waals surface area contributed by atoms with Crippen LogP contribution in [0.3, 0.4) is 0 Å². The first-order chi connectivity index (χ1) is 12.6. The average molecular weight is 359 g/mol. The molecular weight excluding hydrogens is 338 g/mol. The molecule has 26 heavy (non-hydrogen) atoms. The quantitative estimate of drug-likeness (QED) is 0.544. The van der Waals surface area contributed by atoms with Gasteiger partial charge in [0.25, 0.3) is 11.8 Å². The van der Waals surface area contributed by atoms with E-state index in [4.69, 9.17) is 15.2 Å². The average Bonchev–Trinajstić information content (AvgIpc) is 3.08. The van der Waals surface area contributed by atoms with Crippen molar-refractivity contribution in [2.45, 2.75) is 19.5 Å². The van der Waals surface area contributed by atoms with Gasteiger partial charge in [-0.05, 0) is 17.7 Å². The maximum Gasteiger partial charge on any atom is 0.272 e. The molecular formula is C17H21N5O4. The van der Waals surface area contributed by atoms with Gasteiger partial charge in [0.2, 0.25) is 0 Å². The van der Waals surface area contributed by atoms with E-state index in [1.165, 1.54) is 7.11 Å². The second-order valence-electron chi connectivity index (χ2n) is 5.88. The first kappa shape index (κ1) is 17.7. The Hall–Kier alpha value is -3.07. The number of carbonyl (C=O) groups is 2. The van der Waals surface area contributed by atoms with Gasteiger partial charge in [0.05, 0.1) is 7.11 Å². The summed E-state index contributed by atoms with van der Waals surface area (Å²) in [5, 5.41) is 13.1. The standard InChI is InChI=1S/C17H21N5O4/c1-25-14-6-10(2-3-13(14)26-9-15(18)23)7-20-17(24)16-11-8-19-5-4-12(11)21-22-16/h2-3,6,19H,4-5,7-9H2,1H3,(H2,18,23)(H,20,24)(H,21,22). The number of benzene rings is 1. The van der Waals surface area contributed by atoms with Gasteiger partial charge in [-0.3, -0.25) is 14.7 Å². The third kappa shape index (κ3) is 3.94. The molecule has 0 bridgehead atoms. The number of methoxy groups -OCH3 is 1. The zero-order valence-electron chi connectivity index (χ0n) is 14.4. The molecule has 5 N–H and O–H groups in total. The van der Waals surface area contributed by atoms with Crippen molar-refractivity contribution in [2.24, 2.45) is 5.73 Å². The number of amides is 2. The SMILES string of the molecule is COc1cc(CNC(=O)c2n[nH]c3c2CNCC3)ccc1OCC(N)=O. The van der Waals surface area contributed by atoms with E-state index in [-0.39, 0.29) is 12.5 Å². The summed E-state index contributed by atoms with van der Waals surface area (Å²) in [6.07, 6.45) is 0.833. The number of aromatic amines is 1. The van der Waals surface area contributed by atoms with Crippen LogP contribution in [0.25, 0.3) is 0 Å². The molecule has 0 saturated heterocycles. The number of nitrogens with two attached hydrogens (primary N) is 1. The van der Waals surface area contributed by atoms with Gasteiger partial charge in [-0.25, -0.2) is 0 Å². The summed E-state index contributed by atoms with van der Waals surface area (Å²) in [7, 11) is 1.50. The normalized spacial score (nSPS) is 13.0. The Labute approximate surface area is 150 Å². The summed E-state index contributed by atoms with van der Waals surface area (Å²) in [6, 6.07) is 5.18. The van der Waals surface area contributed by atoms with Gasteiger partial charge in [0.1, 0.15) is 0 Å². The summed E-state index contributed by atoms with van der Waals surface area (Å²) in [5.74, 6) is 0.0626. The number of hydrogen-bond acceptors (Lipinski definition) is 6. The molecule has 2 heterocycles. The van der Waals surface area contributed by atoms with Gasteiger partial charge in [-0.1, -0.05) is 6.07 Å². The van der Waals surface area contributed by atoms with Gasteiger partial charge >= 0.3 is 0 Å². The van der Waals surface area contributed by atoms with Crippen LogP contribution >= 0.6 is 0 Å². The van der Waals surface area contributed by atoms with Crippen LogP contribution in [-0.2, 0) is 24.3 Å². The fourth-order valence-corrected chi connectivity index (χ4v) is 2.77. The van der Waals surface area contributed by atoms with Crippen molar-refractivity contribution < 1.29 is 19.1 Å². The Balaban J connectivity index is 1.64. The lowest BCUT2D eigenvalue weighted by Crippen LogP contribution is -2.28. The molecule has 3 rings (SSSR count). The van der Waals surface area contributed by atoms with E-state index in [1.807, 2.05) is 0 Å². The largest absolute Gasteiger partial charge is 0.493 e. The zero-order valence-corrected chi connectivity index (χ0v) is 14.4. The number of nitrogens with one attached hydrogen (secondary N) is 3. The highest BCUT2D eigenvalue weighted by Gasteiger charge is 2.21. The van der Waals surface area contributed by atoms with Crippen molar-refractivity contribution in [3.8, 4) is 11.5 Å². The molecule has 9 heteroatoms. The Kier molecular flexibility index (Phi) is 5.37. The minimum atomic E-state index is -0.569. The van der Waals surface area contributed by atoms with Crippen LogP contribution in [0.1, 0.15) is 27.3 Å². The van der Waals surface area contributed by atoms with Crippen LogP contribution in [0.4, 0.5) is 0 Å². The molecule has 0 fully saturated rings. The number of aromatic nitrogens is 2. The van der Waals surface area contributed by atoms with Crippen molar-refractivity contribution in [2.75, 3.05) is 20.3 Å². The minimum Gasteiger partial charge on any atom is -0.493 e. The third-order valence-electron chi connectivity index (χ3n) is 4.07. The molecule has 0 aliphatic carbocycles. The second kappa shape index (κ2) is 7.87. The molecule has 1 aliphatic rings. The Morgan fingerprint density at radius 2 is 2.19 bits per heavy atom. The predicted molar refractivity (Wildman–Crippen MR) is 92.9 cm³/mol. The first-order valence-electron chi connectivity index (χ1n) is 8.21. The van der Waals surface area contributed by atoms with Gasteiger partial charge in [0.15, 0.2) is 23.8 Å². The van der Waals surface area contributed by atoms with Crippen LogP contribution in [0, 0.1) is 0 Å². The van der Waals surface area contributed by atoms with Gasteiger partial charge in [0, 0.05) is 37.3 Å². The highest BCUT2D eigenvalue weighted by molar-refractivity contribution is 5.94. The van der Waals surface area contributed by atoms with E-state index in [0.29, 0.717) is 30.3 Å². The molecule has 138 valence electrons. The van der Waals surface area contributed by atoms with Crippen LogP contribution in [-0.4, -0.2) is 42.3 Å². The fraction of sp³-hybridized carbons (Fsp3) is 0.353. The Morgan fingerprint density at radius 1 is 1.35 bits per heavy atom. The van der Waals surface area contributed by atoms with Gasteiger partial charge in [-0.15, -0.1) is 0 Å². The van der Waals surface area contributed by atoms with Gasteiger partial charge in [-0.2, -0.15) is 5.10 Å². The van der Waals surface area contributed by atoms with E-state index in [0.717, 1.165) is 29.8 Å². The number of fused-ring (bicyclic) bond motifs is 1. The maximum absolute atomic E-state index is 12.4. The topological polar surface area (TPSA) is 131 Å². The number of hydrogen-bond donors (Lipinski definition) is 4. The third-order valence-corrected chi connectivity index (χ3v) is 4.07. The summed E-state index contributed by atoms with van der Waals surface area (Å²) >= 11 is 0. The number of H-pyrrole nitrogens is 1. The van der Waals surface area contributed by atoms with Gasteiger partial charge < -0.3 is 25.8 Å². The molecule has 0 saturated carbocycles.